The van der Waals surface area contributed by atoms with Crippen LogP contribution in [-0.4, -0.2) is 44.6 Å². The number of hydrogen-bond acceptors (Lipinski definition) is 3. The van der Waals surface area contributed by atoms with Crippen LogP contribution in [0.5, 0.6) is 0 Å². The van der Waals surface area contributed by atoms with Gasteiger partial charge in [0.05, 0.1) is 11.9 Å². The number of hydrogen-bond donors (Lipinski definition) is 0. The third kappa shape index (κ3) is 4.25. The van der Waals surface area contributed by atoms with Crippen LogP contribution in [0.2, 0.25) is 0 Å². The molecular weight excluding hydrogens is 312 g/mol. The molecule has 23 heavy (non-hydrogen) atoms. The molecule has 0 saturated heterocycles. The Morgan fingerprint density at radius 2 is 1.70 bits per heavy atom. The van der Waals surface area contributed by atoms with Crippen LogP contribution < -0.4 is 4.31 Å². The zero-order valence-electron chi connectivity index (χ0n) is 14.1. The summed E-state index contributed by atoms with van der Waals surface area (Å²) < 4.78 is 25.7. The second kappa shape index (κ2) is 7.34. The van der Waals surface area contributed by atoms with E-state index in [2.05, 4.69) is 0 Å². The summed E-state index contributed by atoms with van der Waals surface area (Å²) in [6.07, 6.45) is 6.62. The van der Waals surface area contributed by atoms with Gasteiger partial charge in [0.25, 0.3) is 0 Å². The van der Waals surface area contributed by atoms with Crippen molar-refractivity contribution in [1.82, 2.24) is 4.90 Å². The van der Waals surface area contributed by atoms with E-state index in [9.17, 15) is 13.2 Å². The number of likely N-dealkylation sites (N-methyl/N-ethyl adjacent to an activating group) is 1. The smallest absolute Gasteiger partial charge is 0.246 e. The van der Waals surface area contributed by atoms with Gasteiger partial charge in [0.1, 0.15) is 6.04 Å². The SMILES string of the molecule is C[C@@H](C(=O)N(C)C1CCCCC1)N(c1ccccc1)S(C)(=O)=O. The first-order valence-electron chi connectivity index (χ1n) is 8.13. The van der Waals surface area contributed by atoms with E-state index in [4.69, 9.17) is 0 Å². The van der Waals surface area contributed by atoms with Crippen LogP contribution in [-0.2, 0) is 14.8 Å². The summed E-state index contributed by atoms with van der Waals surface area (Å²) in [5.41, 5.74) is 0.521. The first-order valence-corrected chi connectivity index (χ1v) is 9.98. The summed E-state index contributed by atoms with van der Waals surface area (Å²) in [5, 5.41) is 0. The Morgan fingerprint density at radius 1 is 1.13 bits per heavy atom. The molecule has 6 heteroatoms. The van der Waals surface area contributed by atoms with Crippen molar-refractivity contribution in [3.8, 4) is 0 Å². The molecule has 1 saturated carbocycles. The van der Waals surface area contributed by atoms with Crippen LogP contribution in [0.4, 0.5) is 5.69 Å². The molecule has 1 amide bonds. The van der Waals surface area contributed by atoms with Gasteiger partial charge in [0.15, 0.2) is 0 Å². The molecule has 1 fully saturated rings. The number of amides is 1. The quantitative estimate of drug-likeness (QED) is 0.829. The van der Waals surface area contributed by atoms with E-state index in [-0.39, 0.29) is 11.9 Å². The van der Waals surface area contributed by atoms with E-state index in [1.165, 1.54) is 10.7 Å². The summed E-state index contributed by atoms with van der Waals surface area (Å²) in [6.45, 7) is 1.66. The van der Waals surface area contributed by atoms with E-state index < -0.39 is 16.1 Å². The lowest BCUT2D eigenvalue weighted by Crippen LogP contribution is -2.51. The van der Waals surface area contributed by atoms with Crippen LogP contribution in [0.3, 0.4) is 0 Å². The Bertz CT molecular complexity index is 624. The molecule has 2 rings (SSSR count). The minimum absolute atomic E-state index is 0.147. The van der Waals surface area contributed by atoms with E-state index in [0.717, 1.165) is 31.9 Å². The monoisotopic (exact) mass is 338 g/mol. The molecule has 0 unspecified atom stereocenters. The maximum absolute atomic E-state index is 12.8. The number of rotatable bonds is 5. The number of carbonyl (C=O) groups is 1. The average Bonchev–Trinajstić information content (AvgIpc) is 2.54. The summed E-state index contributed by atoms with van der Waals surface area (Å²) in [6, 6.07) is 8.27. The van der Waals surface area contributed by atoms with Crippen LogP contribution in [0.1, 0.15) is 39.0 Å². The van der Waals surface area contributed by atoms with Crippen molar-refractivity contribution in [2.75, 3.05) is 17.6 Å². The maximum Gasteiger partial charge on any atom is 0.246 e. The highest BCUT2D eigenvalue weighted by molar-refractivity contribution is 7.92. The average molecular weight is 338 g/mol. The number of anilines is 1. The van der Waals surface area contributed by atoms with Gasteiger partial charge in [0, 0.05) is 13.1 Å². The molecule has 1 aromatic carbocycles. The van der Waals surface area contributed by atoms with E-state index in [1.807, 2.05) is 6.07 Å². The Hall–Kier alpha value is -1.56. The van der Waals surface area contributed by atoms with E-state index >= 15 is 0 Å². The highest BCUT2D eigenvalue weighted by Crippen LogP contribution is 2.25. The van der Waals surface area contributed by atoms with Gasteiger partial charge in [-0.15, -0.1) is 0 Å². The highest BCUT2D eigenvalue weighted by Gasteiger charge is 2.33. The molecule has 0 bridgehead atoms. The zero-order chi connectivity index (χ0) is 17.0. The number of sulfonamides is 1. The van der Waals surface area contributed by atoms with Crippen LogP contribution in [0.15, 0.2) is 30.3 Å². The van der Waals surface area contributed by atoms with E-state index in [1.54, 1.807) is 43.1 Å². The lowest BCUT2D eigenvalue weighted by Gasteiger charge is -2.36. The summed E-state index contributed by atoms with van der Waals surface area (Å²) in [4.78, 5) is 14.6. The van der Waals surface area contributed by atoms with Crippen molar-refractivity contribution >= 4 is 21.6 Å². The van der Waals surface area contributed by atoms with Gasteiger partial charge in [-0.2, -0.15) is 0 Å². The van der Waals surface area contributed by atoms with Crippen LogP contribution in [0.25, 0.3) is 0 Å². The zero-order valence-corrected chi connectivity index (χ0v) is 14.9. The molecule has 0 aromatic heterocycles. The van der Waals surface area contributed by atoms with Crippen molar-refractivity contribution in [2.45, 2.75) is 51.1 Å². The Morgan fingerprint density at radius 3 is 2.22 bits per heavy atom. The topological polar surface area (TPSA) is 57.7 Å². The largest absolute Gasteiger partial charge is 0.341 e. The first kappa shape index (κ1) is 17.8. The molecule has 128 valence electrons. The third-order valence-corrected chi connectivity index (χ3v) is 5.79. The van der Waals surface area contributed by atoms with Gasteiger partial charge in [-0.25, -0.2) is 8.42 Å². The second-order valence-corrected chi connectivity index (χ2v) is 8.17. The van der Waals surface area contributed by atoms with Crippen molar-refractivity contribution in [2.24, 2.45) is 0 Å². The lowest BCUT2D eigenvalue weighted by atomic mass is 9.94. The fourth-order valence-corrected chi connectivity index (χ4v) is 4.49. The second-order valence-electron chi connectivity index (χ2n) is 6.31. The van der Waals surface area contributed by atoms with Gasteiger partial charge in [-0.1, -0.05) is 37.5 Å². The van der Waals surface area contributed by atoms with Crippen LogP contribution >= 0.6 is 0 Å². The molecule has 1 aliphatic rings. The summed E-state index contributed by atoms with van der Waals surface area (Å²) >= 11 is 0. The van der Waals surface area contributed by atoms with Crippen molar-refractivity contribution < 1.29 is 13.2 Å². The molecule has 1 aromatic rings. The lowest BCUT2D eigenvalue weighted by molar-refractivity contribution is -0.133. The minimum atomic E-state index is -3.54. The Balaban J connectivity index is 2.23. The summed E-state index contributed by atoms with van der Waals surface area (Å²) in [5.74, 6) is -0.147. The van der Waals surface area contributed by atoms with Gasteiger partial charge in [0.2, 0.25) is 15.9 Å². The number of carbonyl (C=O) groups excluding carboxylic acids is 1. The van der Waals surface area contributed by atoms with Gasteiger partial charge in [-0.3, -0.25) is 9.10 Å². The molecule has 1 atom stereocenters. The fraction of sp³-hybridized carbons (Fsp3) is 0.588. The van der Waals surface area contributed by atoms with Gasteiger partial charge >= 0.3 is 0 Å². The maximum atomic E-state index is 12.8. The summed E-state index contributed by atoms with van der Waals surface area (Å²) in [7, 11) is -1.75. The fourth-order valence-electron chi connectivity index (χ4n) is 3.32. The van der Waals surface area contributed by atoms with E-state index in [0.29, 0.717) is 5.69 Å². The van der Waals surface area contributed by atoms with Crippen molar-refractivity contribution in [3.63, 3.8) is 0 Å². The molecular formula is C17H26N2O3S. The molecule has 1 aliphatic carbocycles. The highest BCUT2D eigenvalue weighted by atomic mass is 32.2. The van der Waals surface area contributed by atoms with Crippen molar-refractivity contribution in [1.29, 1.82) is 0 Å². The molecule has 0 spiro atoms. The minimum Gasteiger partial charge on any atom is -0.341 e. The molecule has 0 aliphatic heterocycles. The van der Waals surface area contributed by atoms with Crippen LogP contribution in [0, 0.1) is 0 Å². The third-order valence-electron chi connectivity index (χ3n) is 4.55. The molecule has 0 radical (unpaired) electrons. The Kier molecular flexibility index (Phi) is 5.68. The van der Waals surface area contributed by atoms with Gasteiger partial charge < -0.3 is 4.90 Å². The van der Waals surface area contributed by atoms with Crippen molar-refractivity contribution in [3.05, 3.63) is 30.3 Å². The standard InChI is InChI=1S/C17H26N2O3S/c1-14(17(20)18(2)15-10-6-4-7-11-15)19(23(3,21)22)16-12-8-5-9-13-16/h5,8-9,12-15H,4,6-7,10-11H2,1-3H3/t14-/m0/s1. The first-order chi connectivity index (χ1) is 10.8. The normalized spacial score (nSPS) is 17.5. The van der Waals surface area contributed by atoms with Gasteiger partial charge in [-0.05, 0) is 31.9 Å². The number of benzene rings is 1. The molecule has 5 nitrogen and oxygen atoms in total. The predicted molar refractivity (Wildman–Crippen MR) is 92.9 cm³/mol. The molecule has 0 N–H and O–H groups in total. The number of nitrogens with zero attached hydrogens (tertiary/aromatic N) is 2. The Labute approximate surface area is 139 Å². The number of para-hydroxylation sites is 1. The predicted octanol–water partition coefficient (Wildman–Crippen LogP) is 2.63. The molecule has 0 heterocycles.